The third-order valence-electron chi connectivity index (χ3n) is 1.66. The molecule has 0 spiro atoms. The quantitative estimate of drug-likeness (QED) is 0.629. The van der Waals surface area contributed by atoms with Gasteiger partial charge in [0.1, 0.15) is 6.42 Å². The van der Waals surface area contributed by atoms with E-state index in [-0.39, 0.29) is 6.42 Å². The second-order valence-corrected chi connectivity index (χ2v) is 2.66. The van der Waals surface area contributed by atoms with Gasteiger partial charge in [-0.05, 0) is 12.8 Å². The summed E-state index contributed by atoms with van der Waals surface area (Å²) in [7, 11) is 0. The van der Waals surface area contributed by atoms with Gasteiger partial charge < -0.3 is 4.52 Å². The van der Waals surface area contributed by atoms with Gasteiger partial charge in [-0.3, -0.25) is 0 Å². The highest BCUT2D eigenvalue weighted by molar-refractivity contribution is 5.04. The molecule has 1 aliphatic carbocycles. The zero-order valence-electron chi connectivity index (χ0n) is 5.95. The molecule has 0 amide bonds. The molecule has 0 saturated heterocycles. The lowest BCUT2D eigenvalue weighted by molar-refractivity contribution is 0.381. The maximum absolute atomic E-state index is 8.31. The topological polar surface area (TPSA) is 62.7 Å². The zero-order valence-corrected chi connectivity index (χ0v) is 5.95. The number of nitrogens with zero attached hydrogens (tertiary/aromatic N) is 3. The van der Waals surface area contributed by atoms with Gasteiger partial charge in [-0.15, -0.1) is 0 Å². The van der Waals surface area contributed by atoms with Gasteiger partial charge in [-0.2, -0.15) is 10.2 Å². The molecule has 0 aromatic carbocycles. The van der Waals surface area contributed by atoms with Crippen LogP contribution in [0.5, 0.6) is 0 Å². The van der Waals surface area contributed by atoms with Gasteiger partial charge in [-0.25, -0.2) is 0 Å². The smallest absolute Gasteiger partial charge is 0.240 e. The summed E-state index contributed by atoms with van der Waals surface area (Å²) >= 11 is 0. The van der Waals surface area contributed by atoms with Crippen LogP contribution in [0.4, 0.5) is 0 Å². The van der Waals surface area contributed by atoms with Crippen molar-refractivity contribution in [3.8, 4) is 6.07 Å². The normalized spacial score (nSPS) is 16.3. The second kappa shape index (κ2) is 2.35. The minimum Gasteiger partial charge on any atom is -0.338 e. The molecule has 1 fully saturated rings. The lowest BCUT2D eigenvalue weighted by Gasteiger charge is -1.78. The Morgan fingerprint density at radius 1 is 1.64 bits per heavy atom. The van der Waals surface area contributed by atoms with E-state index in [9.17, 15) is 0 Å². The van der Waals surface area contributed by atoms with E-state index < -0.39 is 0 Å². The van der Waals surface area contributed by atoms with Gasteiger partial charge in [0, 0.05) is 5.92 Å². The van der Waals surface area contributed by atoms with E-state index in [1.807, 2.05) is 6.07 Å². The van der Waals surface area contributed by atoms with Crippen LogP contribution in [0.25, 0.3) is 0 Å². The third-order valence-corrected chi connectivity index (χ3v) is 1.66. The lowest BCUT2D eigenvalue weighted by atomic mass is 10.4. The van der Waals surface area contributed by atoms with Crippen molar-refractivity contribution in [2.75, 3.05) is 0 Å². The van der Waals surface area contributed by atoms with Crippen LogP contribution in [0.15, 0.2) is 4.52 Å². The molecule has 4 nitrogen and oxygen atoms in total. The van der Waals surface area contributed by atoms with Crippen molar-refractivity contribution < 1.29 is 4.52 Å². The summed E-state index contributed by atoms with van der Waals surface area (Å²) in [6, 6.07) is 1.96. The fraction of sp³-hybridized carbons (Fsp3) is 0.571. The first-order valence-corrected chi connectivity index (χ1v) is 3.59. The Kier molecular flexibility index (Phi) is 1.35. The Hall–Kier alpha value is -1.37. The number of rotatable bonds is 2. The summed E-state index contributed by atoms with van der Waals surface area (Å²) < 4.78 is 4.82. The molecule has 1 heterocycles. The van der Waals surface area contributed by atoms with Crippen LogP contribution >= 0.6 is 0 Å². The van der Waals surface area contributed by atoms with Crippen LogP contribution in [0.3, 0.4) is 0 Å². The first-order chi connectivity index (χ1) is 5.40. The molecule has 0 bridgehead atoms. The lowest BCUT2D eigenvalue weighted by Crippen LogP contribution is -1.83. The molecule has 1 aromatic heterocycles. The zero-order chi connectivity index (χ0) is 7.68. The average molecular weight is 149 g/mol. The Balaban J connectivity index is 2.13. The van der Waals surface area contributed by atoms with Crippen molar-refractivity contribution in [3.05, 3.63) is 11.7 Å². The molecule has 1 aromatic rings. The van der Waals surface area contributed by atoms with Gasteiger partial charge in [0.05, 0.1) is 6.07 Å². The number of nitriles is 1. The van der Waals surface area contributed by atoms with E-state index in [0.717, 1.165) is 18.7 Å². The van der Waals surface area contributed by atoms with Crippen LogP contribution in [0, 0.1) is 11.3 Å². The van der Waals surface area contributed by atoms with Crippen LogP contribution in [0.2, 0.25) is 0 Å². The van der Waals surface area contributed by atoms with E-state index in [2.05, 4.69) is 10.1 Å². The maximum atomic E-state index is 8.31. The predicted octanol–water partition coefficient (Wildman–Crippen LogP) is 1.01. The molecule has 11 heavy (non-hydrogen) atoms. The predicted molar refractivity (Wildman–Crippen MR) is 35.6 cm³/mol. The average Bonchev–Trinajstić information content (AvgIpc) is 2.75. The molecular formula is C7H7N3O. The van der Waals surface area contributed by atoms with Crippen LogP contribution in [0.1, 0.15) is 30.5 Å². The first-order valence-electron chi connectivity index (χ1n) is 3.59. The van der Waals surface area contributed by atoms with Crippen LogP contribution in [-0.2, 0) is 6.42 Å². The highest BCUT2D eigenvalue weighted by Gasteiger charge is 2.28. The molecule has 0 aliphatic heterocycles. The van der Waals surface area contributed by atoms with Gasteiger partial charge in [0.2, 0.25) is 5.89 Å². The first kappa shape index (κ1) is 6.35. The molecule has 1 aliphatic rings. The molecule has 2 rings (SSSR count). The van der Waals surface area contributed by atoms with Gasteiger partial charge in [0.15, 0.2) is 5.82 Å². The SMILES string of the molecule is N#CCc1nc(C2CC2)no1. The van der Waals surface area contributed by atoms with Gasteiger partial charge in [0.25, 0.3) is 0 Å². The van der Waals surface area contributed by atoms with Gasteiger partial charge >= 0.3 is 0 Å². The summed E-state index contributed by atoms with van der Waals surface area (Å²) in [5, 5.41) is 12.1. The number of aromatic nitrogens is 2. The van der Waals surface area contributed by atoms with Crippen LogP contribution in [-0.4, -0.2) is 10.1 Å². The van der Waals surface area contributed by atoms with E-state index >= 15 is 0 Å². The summed E-state index contributed by atoms with van der Waals surface area (Å²) in [6.07, 6.45) is 2.54. The van der Waals surface area contributed by atoms with Crippen molar-refractivity contribution in [1.29, 1.82) is 5.26 Å². The number of hydrogen-bond donors (Lipinski definition) is 0. The Morgan fingerprint density at radius 3 is 3.09 bits per heavy atom. The Labute approximate surface area is 63.8 Å². The molecule has 56 valence electrons. The monoisotopic (exact) mass is 149 g/mol. The summed E-state index contributed by atoms with van der Waals surface area (Å²) in [5.74, 6) is 1.72. The largest absolute Gasteiger partial charge is 0.338 e. The minimum absolute atomic E-state index is 0.222. The minimum atomic E-state index is 0.222. The van der Waals surface area contributed by atoms with Gasteiger partial charge in [-0.1, -0.05) is 5.16 Å². The van der Waals surface area contributed by atoms with Crippen molar-refractivity contribution in [1.82, 2.24) is 10.1 Å². The van der Waals surface area contributed by atoms with E-state index in [1.165, 1.54) is 0 Å². The highest BCUT2D eigenvalue weighted by atomic mass is 16.5. The molecule has 0 N–H and O–H groups in total. The summed E-state index contributed by atoms with van der Waals surface area (Å²) in [4.78, 5) is 4.06. The Morgan fingerprint density at radius 2 is 2.45 bits per heavy atom. The summed E-state index contributed by atoms with van der Waals surface area (Å²) in [5.41, 5.74) is 0. The van der Waals surface area contributed by atoms with Crippen molar-refractivity contribution in [2.45, 2.75) is 25.2 Å². The van der Waals surface area contributed by atoms with Crippen molar-refractivity contribution in [2.24, 2.45) is 0 Å². The molecule has 0 atom stereocenters. The maximum Gasteiger partial charge on any atom is 0.240 e. The van der Waals surface area contributed by atoms with E-state index in [4.69, 9.17) is 9.78 Å². The molecule has 0 radical (unpaired) electrons. The Bertz CT molecular complexity index is 295. The highest BCUT2D eigenvalue weighted by Crippen LogP contribution is 2.37. The molecule has 4 heteroatoms. The summed E-state index contributed by atoms with van der Waals surface area (Å²) in [6.45, 7) is 0. The fourth-order valence-corrected chi connectivity index (χ4v) is 0.915. The standard InChI is InChI=1S/C7H7N3O/c8-4-3-6-9-7(10-11-6)5-1-2-5/h5H,1-3H2. The molecule has 0 unspecified atom stereocenters. The van der Waals surface area contributed by atoms with Crippen molar-refractivity contribution >= 4 is 0 Å². The van der Waals surface area contributed by atoms with E-state index in [0.29, 0.717) is 11.8 Å². The fourth-order valence-electron chi connectivity index (χ4n) is 0.915. The second-order valence-electron chi connectivity index (χ2n) is 2.66. The van der Waals surface area contributed by atoms with Crippen LogP contribution < -0.4 is 0 Å². The van der Waals surface area contributed by atoms with E-state index in [1.54, 1.807) is 0 Å². The van der Waals surface area contributed by atoms with Crippen molar-refractivity contribution in [3.63, 3.8) is 0 Å². The third kappa shape index (κ3) is 1.22. The number of hydrogen-bond acceptors (Lipinski definition) is 4. The molecular weight excluding hydrogens is 142 g/mol. The molecule has 1 saturated carbocycles.